The Morgan fingerprint density at radius 1 is 0.920 bits per heavy atom. The van der Waals surface area contributed by atoms with Crippen molar-refractivity contribution in [3.8, 4) is 5.75 Å². The predicted molar refractivity (Wildman–Crippen MR) is 106 cm³/mol. The lowest BCUT2D eigenvalue weighted by atomic mass is 10.1. The van der Waals surface area contributed by atoms with Gasteiger partial charge < -0.3 is 10.1 Å². The van der Waals surface area contributed by atoms with Gasteiger partial charge in [-0.25, -0.2) is 0 Å². The lowest BCUT2D eigenvalue weighted by molar-refractivity contribution is 0.305. The van der Waals surface area contributed by atoms with Crippen molar-refractivity contribution in [1.82, 2.24) is 0 Å². The van der Waals surface area contributed by atoms with E-state index in [1.807, 2.05) is 42.5 Å². The highest BCUT2D eigenvalue weighted by atomic mass is 35.5. The molecule has 3 rings (SSSR count). The van der Waals surface area contributed by atoms with Crippen LogP contribution in [-0.2, 0) is 13.2 Å². The zero-order valence-electron chi connectivity index (χ0n) is 13.9. The molecule has 0 aliphatic heterocycles. The highest BCUT2D eigenvalue weighted by Crippen LogP contribution is 2.26. The third-order valence-electron chi connectivity index (χ3n) is 3.99. The van der Waals surface area contributed by atoms with Crippen LogP contribution in [0, 0.1) is 6.92 Å². The Hall–Kier alpha value is -2.16. The molecule has 3 aromatic rings. The zero-order valence-corrected chi connectivity index (χ0v) is 15.4. The number of benzene rings is 3. The van der Waals surface area contributed by atoms with Crippen LogP contribution in [0.3, 0.4) is 0 Å². The molecule has 25 heavy (non-hydrogen) atoms. The van der Waals surface area contributed by atoms with Crippen molar-refractivity contribution in [3.63, 3.8) is 0 Å². The van der Waals surface area contributed by atoms with E-state index in [-0.39, 0.29) is 0 Å². The van der Waals surface area contributed by atoms with Gasteiger partial charge in [-0.15, -0.1) is 0 Å². The molecule has 0 radical (unpaired) electrons. The number of aryl methyl sites for hydroxylation is 1. The number of hydrogen-bond donors (Lipinski definition) is 1. The van der Waals surface area contributed by atoms with Gasteiger partial charge in [-0.05, 0) is 53.9 Å². The van der Waals surface area contributed by atoms with Gasteiger partial charge in [0.15, 0.2) is 0 Å². The van der Waals surface area contributed by atoms with E-state index in [2.05, 4.69) is 24.4 Å². The zero-order chi connectivity index (χ0) is 17.6. The normalized spacial score (nSPS) is 10.5. The number of anilines is 1. The Balaban J connectivity index is 1.57. The third kappa shape index (κ3) is 4.91. The van der Waals surface area contributed by atoms with Gasteiger partial charge in [-0.1, -0.05) is 59.6 Å². The maximum Gasteiger partial charge on any atom is 0.119 e. The van der Waals surface area contributed by atoms with Gasteiger partial charge in [0.2, 0.25) is 0 Å². The minimum absolute atomic E-state index is 0.572. The van der Waals surface area contributed by atoms with Gasteiger partial charge in [0.1, 0.15) is 12.4 Å². The average Bonchev–Trinajstić information content (AvgIpc) is 2.63. The first-order valence-electron chi connectivity index (χ1n) is 8.07. The molecule has 0 amide bonds. The summed E-state index contributed by atoms with van der Waals surface area (Å²) in [5, 5.41) is 4.61. The molecule has 2 nitrogen and oxygen atoms in total. The van der Waals surface area contributed by atoms with Crippen molar-refractivity contribution in [3.05, 3.63) is 93.5 Å². The Morgan fingerprint density at radius 2 is 1.68 bits per heavy atom. The summed E-state index contributed by atoms with van der Waals surface area (Å²) in [5.74, 6) is 0.854. The van der Waals surface area contributed by atoms with E-state index < -0.39 is 0 Å². The van der Waals surface area contributed by atoms with Gasteiger partial charge in [-0.2, -0.15) is 0 Å². The van der Waals surface area contributed by atoms with E-state index in [9.17, 15) is 0 Å². The van der Waals surface area contributed by atoms with Crippen LogP contribution in [0.5, 0.6) is 5.75 Å². The Bertz CT molecular complexity index is 847. The molecule has 3 aromatic carbocycles. The molecule has 0 aliphatic rings. The minimum atomic E-state index is 0.572. The van der Waals surface area contributed by atoms with Crippen LogP contribution >= 0.6 is 23.2 Å². The molecule has 0 aliphatic carbocycles. The molecule has 0 heterocycles. The fraction of sp³-hybridized carbons (Fsp3) is 0.143. The fourth-order valence-electron chi connectivity index (χ4n) is 2.47. The first-order chi connectivity index (χ1) is 12.1. The summed E-state index contributed by atoms with van der Waals surface area (Å²) in [5.41, 5.74) is 4.40. The van der Waals surface area contributed by atoms with Crippen molar-refractivity contribution >= 4 is 28.9 Å². The second kappa shape index (κ2) is 8.28. The molecule has 0 saturated heterocycles. The second-order valence-electron chi connectivity index (χ2n) is 5.84. The van der Waals surface area contributed by atoms with Crippen molar-refractivity contribution < 1.29 is 4.74 Å². The molecule has 4 heteroatoms. The van der Waals surface area contributed by atoms with Gasteiger partial charge in [0.25, 0.3) is 0 Å². The summed E-state index contributed by atoms with van der Waals surface area (Å²) in [6, 6.07) is 21.7. The largest absolute Gasteiger partial charge is 0.489 e. The van der Waals surface area contributed by atoms with Gasteiger partial charge in [0, 0.05) is 11.6 Å². The minimum Gasteiger partial charge on any atom is -0.489 e. The highest BCUT2D eigenvalue weighted by Gasteiger charge is 2.02. The van der Waals surface area contributed by atoms with Crippen LogP contribution in [0.2, 0.25) is 10.0 Å². The number of hydrogen-bond acceptors (Lipinski definition) is 2. The van der Waals surface area contributed by atoms with Crippen LogP contribution < -0.4 is 10.1 Å². The molecular weight excluding hydrogens is 353 g/mol. The van der Waals surface area contributed by atoms with E-state index in [1.165, 1.54) is 11.1 Å². The van der Waals surface area contributed by atoms with Crippen LogP contribution in [-0.4, -0.2) is 0 Å². The number of ether oxygens (including phenoxy) is 1. The first kappa shape index (κ1) is 17.7. The molecule has 1 N–H and O–H groups in total. The van der Waals surface area contributed by atoms with Gasteiger partial charge in [0.05, 0.1) is 10.7 Å². The smallest absolute Gasteiger partial charge is 0.119 e. The van der Waals surface area contributed by atoms with Crippen LogP contribution in [0.25, 0.3) is 0 Å². The SMILES string of the molecule is Cc1ccccc1COc1ccc(CNc2cc(Cl)ccc2Cl)cc1. The van der Waals surface area contributed by atoms with Crippen LogP contribution in [0.15, 0.2) is 66.7 Å². The van der Waals surface area contributed by atoms with E-state index in [1.54, 1.807) is 12.1 Å². The summed E-state index contributed by atoms with van der Waals surface area (Å²) >= 11 is 12.2. The molecule has 128 valence electrons. The van der Waals surface area contributed by atoms with Gasteiger partial charge >= 0.3 is 0 Å². The Morgan fingerprint density at radius 3 is 2.44 bits per heavy atom. The first-order valence-corrected chi connectivity index (χ1v) is 8.82. The van der Waals surface area contributed by atoms with E-state index in [0.29, 0.717) is 23.2 Å². The highest BCUT2D eigenvalue weighted by molar-refractivity contribution is 6.35. The molecule has 0 atom stereocenters. The fourth-order valence-corrected chi connectivity index (χ4v) is 2.82. The Labute approximate surface area is 158 Å². The average molecular weight is 372 g/mol. The van der Waals surface area contributed by atoms with Crippen molar-refractivity contribution in [2.75, 3.05) is 5.32 Å². The lowest BCUT2D eigenvalue weighted by Gasteiger charge is -2.11. The molecular formula is C21H19Cl2NO. The Kier molecular flexibility index (Phi) is 5.85. The molecule has 0 saturated carbocycles. The third-order valence-corrected chi connectivity index (χ3v) is 4.56. The topological polar surface area (TPSA) is 21.3 Å². The lowest BCUT2D eigenvalue weighted by Crippen LogP contribution is -2.01. The maximum absolute atomic E-state index is 6.16. The summed E-state index contributed by atoms with van der Waals surface area (Å²) in [6.45, 7) is 3.33. The summed E-state index contributed by atoms with van der Waals surface area (Å²) in [6.07, 6.45) is 0. The van der Waals surface area contributed by atoms with Crippen LogP contribution in [0.1, 0.15) is 16.7 Å². The van der Waals surface area contributed by atoms with E-state index >= 15 is 0 Å². The van der Waals surface area contributed by atoms with Gasteiger partial charge in [-0.3, -0.25) is 0 Å². The standard InChI is InChI=1S/C21H19Cl2NO/c1-15-4-2-3-5-17(15)14-25-19-9-6-16(7-10-19)13-24-21-12-18(22)8-11-20(21)23/h2-12,24H,13-14H2,1H3. The summed E-state index contributed by atoms with van der Waals surface area (Å²) in [4.78, 5) is 0. The number of halogens is 2. The molecule has 0 spiro atoms. The van der Waals surface area contributed by atoms with Crippen molar-refractivity contribution in [2.24, 2.45) is 0 Å². The van der Waals surface area contributed by atoms with Crippen molar-refractivity contribution in [1.29, 1.82) is 0 Å². The quantitative estimate of drug-likeness (QED) is 0.534. The summed E-state index contributed by atoms with van der Waals surface area (Å²) < 4.78 is 5.87. The second-order valence-corrected chi connectivity index (χ2v) is 6.68. The predicted octanol–water partition coefficient (Wildman–Crippen LogP) is 6.49. The van der Waals surface area contributed by atoms with Crippen LogP contribution in [0.4, 0.5) is 5.69 Å². The summed E-state index contributed by atoms with van der Waals surface area (Å²) in [7, 11) is 0. The van der Waals surface area contributed by atoms with Crippen molar-refractivity contribution in [2.45, 2.75) is 20.1 Å². The number of nitrogens with one attached hydrogen (secondary N) is 1. The molecule has 0 fully saturated rings. The number of rotatable bonds is 6. The molecule has 0 unspecified atom stereocenters. The van der Waals surface area contributed by atoms with E-state index in [4.69, 9.17) is 27.9 Å². The van der Waals surface area contributed by atoms with E-state index in [0.717, 1.165) is 17.0 Å². The monoisotopic (exact) mass is 371 g/mol. The molecule has 0 aromatic heterocycles. The maximum atomic E-state index is 6.16. The molecule has 0 bridgehead atoms.